The summed E-state index contributed by atoms with van der Waals surface area (Å²) < 4.78 is 0. The van der Waals surface area contributed by atoms with Crippen LogP contribution in [0.1, 0.15) is 101 Å². The molecule has 0 radical (unpaired) electrons. The zero-order valence-electron chi connectivity index (χ0n) is 16.5. The average Bonchev–Trinajstić information content (AvgIpc) is 2.62. The first-order valence-electron chi connectivity index (χ1n) is 9.97. The summed E-state index contributed by atoms with van der Waals surface area (Å²) in [6, 6.07) is 5.56. The fourth-order valence-electron chi connectivity index (χ4n) is 3.46. The zero-order chi connectivity index (χ0) is 19.5. The number of aliphatic carboxylic acids is 2. The molecule has 0 spiro atoms. The first kappa shape index (κ1) is 22.2. The molecule has 0 bridgehead atoms. The Morgan fingerprint density at radius 3 is 1.92 bits per heavy atom. The van der Waals surface area contributed by atoms with Crippen LogP contribution in [0, 0.1) is 0 Å². The Kier molecular flexibility index (Phi) is 10.0. The molecule has 0 aliphatic carbocycles. The molecule has 0 aliphatic rings. The predicted octanol–water partition coefficient (Wildman–Crippen LogP) is 5.75. The molecule has 0 amide bonds. The third-order valence-electron chi connectivity index (χ3n) is 5.17. The second-order valence-electron chi connectivity index (χ2n) is 7.26. The van der Waals surface area contributed by atoms with Crippen LogP contribution in [0.25, 0.3) is 0 Å². The number of carboxylic acid groups (broad SMARTS) is 2. The lowest BCUT2D eigenvalue weighted by Crippen LogP contribution is -2.17. The lowest BCUT2D eigenvalue weighted by atomic mass is 9.84. The van der Waals surface area contributed by atoms with Gasteiger partial charge >= 0.3 is 11.9 Å². The van der Waals surface area contributed by atoms with Crippen molar-refractivity contribution in [2.75, 3.05) is 0 Å². The number of carbonyl (C=O) groups is 2. The summed E-state index contributed by atoms with van der Waals surface area (Å²) in [4.78, 5) is 23.0. The van der Waals surface area contributed by atoms with Gasteiger partial charge in [0.1, 0.15) is 0 Å². The van der Waals surface area contributed by atoms with Gasteiger partial charge in [-0.25, -0.2) is 0 Å². The highest BCUT2D eigenvalue weighted by atomic mass is 16.4. The van der Waals surface area contributed by atoms with Gasteiger partial charge in [-0.3, -0.25) is 9.59 Å². The molecule has 4 heteroatoms. The summed E-state index contributed by atoms with van der Waals surface area (Å²) in [5.41, 5.74) is 2.30. The van der Waals surface area contributed by atoms with E-state index in [1.54, 1.807) is 19.9 Å². The van der Waals surface area contributed by atoms with E-state index in [2.05, 4.69) is 6.92 Å². The minimum absolute atomic E-state index is 0.629. The molecule has 2 atom stereocenters. The normalized spacial score (nSPS) is 13.3. The molecule has 1 aromatic carbocycles. The standard InChI is InChI=1S/C22H34O4/c1-4-5-6-7-8-9-10-11-13-18-14-12-15-19(16(2)21(23)24)20(18)17(3)22(25)26/h12,14-17H,4-11,13H2,1-3H3,(H,23,24)(H,25,26). The molecule has 2 N–H and O–H groups in total. The maximum atomic E-state index is 11.6. The molecule has 0 saturated carbocycles. The van der Waals surface area contributed by atoms with Crippen molar-refractivity contribution in [3.63, 3.8) is 0 Å². The number of aryl methyl sites for hydroxylation is 1. The summed E-state index contributed by atoms with van der Waals surface area (Å²) in [6.07, 6.45) is 10.6. The summed E-state index contributed by atoms with van der Waals surface area (Å²) in [6.45, 7) is 5.48. The maximum Gasteiger partial charge on any atom is 0.310 e. The molecule has 0 heterocycles. The highest BCUT2D eigenvalue weighted by Gasteiger charge is 2.25. The first-order chi connectivity index (χ1) is 12.4. The van der Waals surface area contributed by atoms with E-state index in [1.165, 1.54) is 38.5 Å². The van der Waals surface area contributed by atoms with Crippen molar-refractivity contribution in [3.05, 3.63) is 34.9 Å². The van der Waals surface area contributed by atoms with Gasteiger partial charge in [-0.2, -0.15) is 0 Å². The van der Waals surface area contributed by atoms with E-state index in [0.29, 0.717) is 11.1 Å². The predicted molar refractivity (Wildman–Crippen MR) is 105 cm³/mol. The lowest BCUT2D eigenvalue weighted by molar-refractivity contribution is -0.140. The van der Waals surface area contributed by atoms with Crippen LogP contribution in [0.3, 0.4) is 0 Å². The minimum atomic E-state index is -0.923. The second kappa shape index (κ2) is 11.7. The van der Waals surface area contributed by atoms with Gasteiger partial charge < -0.3 is 10.2 Å². The van der Waals surface area contributed by atoms with Gasteiger partial charge in [0.25, 0.3) is 0 Å². The highest BCUT2D eigenvalue weighted by Crippen LogP contribution is 2.31. The van der Waals surface area contributed by atoms with Crippen molar-refractivity contribution in [3.8, 4) is 0 Å². The van der Waals surface area contributed by atoms with Crippen LogP contribution < -0.4 is 0 Å². The van der Waals surface area contributed by atoms with Gasteiger partial charge in [0.05, 0.1) is 11.8 Å². The molecule has 1 aromatic rings. The van der Waals surface area contributed by atoms with Gasteiger partial charge in [-0.15, -0.1) is 0 Å². The van der Waals surface area contributed by atoms with Gasteiger partial charge in [0, 0.05) is 0 Å². The van der Waals surface area contributed by atoms with Gasteiger partial charge in [-0.1, -0.05) is 70.1 Å². The van der Waals surface area contributed by atoms with Crippen molar-refractivity contribution in [2.45, 2.75) is 90.4 Å². The third-order valence-corrected chi connectivity index (χ3v) is 5.17. The molecule has 0 aromatic heterocycles. The smallest absolute Gasteiger partial charge is 0.310 e. The van der Waals surface area contributed by atoms with Crippen LogP contribution in [0.15, 0.2) is 18.2 Å². The molecule has 0 aliphatic heterocycles. The van der Waals surface area contributed by atoms with Crippen LogP contribution in [0.5, 0.6) is 0 Å². The molecular weight excluding hydrogens is 328 g/mol. The Labute approximate surface area is 157 Å². The maximum absolute atomic E-state index is 11.6. The van der Waals surface area contributed by atoms with Crippen molar-refractivity contribution < 1.29 is 19.8 Å². The fraction of sp³-hybridized carbons (Fsp3) is 0.636. The monoisotopic (exact) mass is 362 g/mol. The third kappa shape index (κ3) is 6.81. The quantitative estimate of drug-likeness (QED) is 0.438. The molecule has 146 valence electrons. The Hall–Kier alpha value is -1.84. The summed E-state index contributed by atoms with van der Waals surface area (Å²) in [5, 5.41) is 18.8. The minimum Gasteiger partial charge on any atom is -0.481 e. The first-order valence-corrected chi connectivity index (χ1v) is 9.97. The molecule has 0 saturated heterocycles. The van der Waals surface area contributed by atoms with Crippen LogP contribution in [0.2, 0.25) is 0 Å². The molecule has 1 rings (SSSR count). The topological polar surface area (TPSA) is 74.6 Å². The fourth-order valence-corrected chi connectivity index (χ4v) is 3.46. The van der Waals surface area contributed by atoms with E-state index < -0.39 is 23.8 Å². The molecular formula is C22H34O4. The molecule has 2 unspecified atom stereocenters. The van der Waals surface area contributed by atoms with Crippen LogP contribution in [-0.4, -0.2) is 22.2 Å². The van der Waals surface area contributed by atoms with E-state index in [-0.39, 0.29) is 0 Å². The van der Waals surface area contributed by atoms with Gasteiger partial charge in [-0.05, 0) is 43.4 Å². The van der Waals surface area contributed by atoms with Gasteiger partial charge in [0.15, 0.2) is 0 Å². The van der Waals surface area contributed by atoms with E-state index in [9.17, 15) is 19.8 Å². The van der Waals surface area contributed by atoms with Crippen molar-refractivity contribution in [1.29, 1.82) is 0 Å². The van der Waals surface area contributed by atoms with E-state index in [0.717, 1.165) is 24.8 Å². The van der Waals surface area contributed by atoms with E-state index in [4.69, 9.17) is 0 Å². The Balaban J connectivity index is 2.76. The number of carboxylic acids is 2. The average molecular weight is 363 g/mol. The van der Waals surface area contributed by atoms with E-state index >= 15 is 0 Å². The SMILES string of the molecule is CCCCCCCCCCc1cccc(C(C)C(=O)O)c1C(C)C(=O)O. The lowest BCUT2D eigenvalue weighted by Gasteiger charge is -2.20. The van der Waals surface area contributed by atoms with Gasteiger partial charge in [0.2, 0.25) is 0 Å². The number of benzene rings is 1. The number of hydrogen-bond donors (Lipinski definition) is 2. The van der Waals surface area contributed by atoms with E-state index in [1.807, 2.05) is 12.1 Å². The van der Waals surface area contributed by atoms with Crippen LogP contribution >= 0.6 is 0 Å². The largest absolute Gasteiger partial charge is 0.481 e. The number of rotatable bonds is 13. The molecule has 26 heavy (non-hydrogen) atoms. The number of hydrogen-bond acceptors (Lipinski definition) is 2. The Bertz CT molecular complexity index is 580. The Morgan fingerprint density at radius 1 is 0.846 bits per heavy atom. The highest BCUT2D eigenvalue weighted by molar-refractivity contribution is 5.80. The van der Waals surface area contributed by atoms with Crippen molar-refractivity contribution in [2.24, 2.45) is 0 Å². The Morgan fingerprint density at radius 2 is 1.38 bits per heavy atom. The summed E-state index contributed by atoms with van der Waals surface area (Å²) in [5.74, 6) is -3.23. The summed E-state index contributed by atoms with van der Waals surface area (Å²) in [7, 11) is 0. The zero-order valence-corrected chi connectivity index (χ0v) is 16.5. The molecule has 0 fully saturated rings. The number of unbranched alkanes of at least 4 members (excludes halogenated alkanes) is 7. The van der Waals surface area contributed by atoms with Crippen molar-refractivity contribution in [1.82, 2.24) is 0 Å². The van der Waals surface area contributed by atoms with Crippen molar-refractivity contribution >= 4 is 11.9 Å². The van der Waals surface area contributed by atoms with Crippen LogP contribution in [0.4, 0.5) is 0 Å². The van der Waals surface area contributed by atoms with Crippen LogP contribution in [-0.2, 0) is 16.0 Å². The summed E-state index contributed by atoms with van der Waals surface area (Å²) >= 11 is 0. The molecule has 4 nitrogen and oxygen atoms in total. The second-order valence-corrected chi connectivity index (χ2v) is 7.26.